The van der Waals surface area contributed by atoms with Crippen molar-refractivity contribution < 1.29 is 13.5 Å². The third kappa shape index (κ3) is 1.94. The minimum Gasteiger partial charge on any atom is -0.494 e. The fourth-order valence-corrected chi connectivity index (χ4v) is 1.01. The van der Waals surface area contributed by atoms with Crippen LogP contribution < -0.4 is 4.74 Å². The van der Waals surface area contributed by atoms with Gasteiger partial charge in [0, 0.05) is 12.1 Å². The number of benzene rings is 1. The highest BCUT2D eigenvalue weighted by atomic mass is 79.9. The molecule has 0 radical (unpaired) electrons. The van der Waals surface area contributed by atoms with Crippen molar-refractivity contribution in [3.63, 3.8) is 0 Å². The van der Waals surface area contributed by atoms with Gasteiger partial charge in [-0.15, -0.1) is 0 Å². The third-order valence-electron chi connectivity index (χ3n) is 1.27. The first kappa shape index (κ1) is 9.45. The number of rotatable bonds is 2. The van der Waals surface area contributed by atoms with Crippen LogP contribution in [0.15, 0.2) is 16.6 Å². The summed E-state index contributed by atoms with van der Waals surface area (Å²) >= 11 is 2.76. The van der Waals surface area contributed by atoms with Crippen molar-refractivity contribution in [3.8, 4) is 5.75 Å². The van der Waals surface area contributed by atoms with Crippen LogP contribution in [0.2, 0.25) is 0 Å². The van der Waals surface area contributed by atoms with Crippen molar-refractivity contribution in [2.45, 2.75) is 6.92 Å². The average molecular weight is 237 g/mol. The zero-order chi connectivity index (χ0) is 9.14. The van der Waals surface area contributed by atoms with Crippen LogP contribution in [0, 0.1) is 11.6 Å². The molecule has 0 heterocycles. The smallest absolute Gasteiger partial charge is 0.144 e. The minimum atomic E-state index is -0.654. The maximum absolute atomic E-state index is 12.8. The summed E-state index contributed by atoms with van der Waals surface area (Å²) in [7, 11) is 0. The standard InChI is InChI=1S/C8H7BrF2O/c1-2-12-5-3-6(10)8(9)7(11)4-5/h3-4H,2H2,1H3. The number of hydrogen-bond acceptors (Lipinski definition) is 1. The van der Waals surface area contributed by atoms with E-state index in [4.69, 9.17) is 4.74 Å². The summed E-state index contributed by atoms with van der Waals surface area (Å²) in [5, 5.41) is 0. The molecule has 0 spiro atoms. The minimum absolute atomic E-state index is 0.161. The molecular formula is C8H7BrF2O. The van der Waals surface area contributed by atoms with E-state index < -0.39 is 11.6 Å². The average Bonchev–Trinajstić information content (AvgIpc) is 2.01. The molecule has 4 heteroatoms. The Kier molecular flexibility index (Phi) is 3.03. The van der Waals surface area contributed by atoms with Gasteiger partial charge in [0.05, 0.1) is 11.1 Å². The van der Waals surface area contributed by atoms with E-state index in [9.17, 15) is 8.78 Å². The van der Waals surface area contributed by atoms with Crippen molar-refractivity contribution in [3.05, 3.63) is 28.2 Å². The van der Waals surface area contributed by atoms with Crippen LogP contribution in [0.1, 0.15) is 6.92 Å². The third-order valence-corrected chi connectivity index (χ3v) is 2.03. The summed E-state index contributed by atoms with van der Waals surface area (Å²) in [6.45, 7) is 2.14. The molecule has 0 amide bonds. The molecule has 0 saturated carbocycles. The molecule has 0 aromatic heterocycles. The van der Waals surface area contributed by atoms with Gasteiger partial charge in [-0.05, 0) is 22.9 Å². The fraction of sp³-hybridized carbons (Fsp3) is 0.250. The summed E-state index contributed by atoms with van der Waals surface area (Å²) in [4.78, 5) is 0. The van der Waals surface area contributed by atoms with Crippen LogP contribution in [0.3, 0.4) is 0 Å². The zero-order valence-corrected chi connectivity index (χ0v) is 7.99. The molecule has 66 valence electrons. The molecular weight excluding hydrogens is 230 g/mol. The predicted octanol–water partition coefficient (Wildman–Crippen LogP) is 3.13. The lowest BCUT2D eigenvalue weighted by atomic mass is 10.3. The van der Waals surface area contributed by atoms with Gasteiger partial charge in [0.1, 0.15) is 17.4 Å². The van der Waals surface area contributed by atoms with Crippen LogP contribution in [0.4, 0.5) is 8.78 Å². The van der Waals surface area contributed by atoms with Crippen LogP contribution in [-0.4, -0.2) is 6.61 Å². The van der Waals surface area contributed by atoms with E-state index in [0.29, 0.717) is 6.61 Å². The number of hydrogen-bond donors (Lipinski definition) is 0. The van der Waals surface area contributed by atoms with Gasteiger partial charge in [-0.25, -0.2) is 8.78 Å². The van der Waals surface area contributed by atoms with Gasteiger partial charge in [-0.1, -0.05) is 0 Å². The zero-order valence-electron chi connectivity index (χ0n) is 6.40. The van der Waals surface area contributed by atoms with Gasteiger partial charge in [0.25, 0.3) is 0 Å². The van der Waals surface area contributed by atoms with E-state index in [1.54, 1.807) is 6.92 Å². The molecule has 1 nitrogen and oxygen atoms in total. The van der Waals surface area contributed by atoms with Gasteiger partial charge in [0.2, 0.25) is 0 Å². The summed E-state index contributed by atoms with van der Waals surface area (Å²) < 4.78 is 30.4. The Morgan fingerprint density at radius 2 is 1.83 bits per heavy atom. The summed E-state index contributed by atoms with van der Waals surface area (Å²) in [5.74, 6) is -1.10. The van der Waals surface area contributed by atoms with Crippen LogP contribution in [-0.2, 0) is 0 Å². The quantitative estimate of drug-likeness (QED) is 0.718. The highest BCUT2D eigenvalue weighted by Crippen LogP contribution is 2.24. The molecule has 0 aliphatic rings. The van der Waals surface area contributed by atoms with Gasteiger partial charge in [-0.3, -0.25) is 0 Å². The molecule has 0 fully saturated rings. The van der Waals surface area contributed by atoms with Crippen molar-refractivity contribution in [1.29, 1.82) is 0 Å². The second-order valence-corrected chi connectivity index (χ2v) is 2.93. The molecule has 0 N–H and O–H groups in total. The molecule has 0 unspecified atom stereocenters. The SMILES string of the molecule is CCOc1cc(F)c(Br)c(F)c1. The molecule has 0 aliphatic carbocycles. The van der Waals surface area contributed by atoms with E-state index in [0.717, 1.165) is 12.1 Å². The molecule has 0 atom stereocenters. The topological polar surface area (TPSA) is 9.23 Å². The maximum Gasteiger partial charge on any atom is 0.144 e. The second kappa shape index (κ2) is 3.85. The van der Waals surface area contributed by atoms with Gasteiger partial charge < -0.3 is 4.74 Å². The van der Waals surface area contributed by atoms with E-state index >= 15 is 0 Å². The number of halogens is 3. The van der Waals surface area contributed by atoms with Crippen molar-refractivity contribution >= 4 is 15.9 Å². The second-order valence-electron chi connectivity index (χ2n) is 2.13. The molecule has 0 bridgehead atoms. The van der Waals surface area contributed by atoms with Gasteiger partial charge in [0.15, 0.2) is 0 Å². The summed E-state index contributed by atoms with van der Waals surface area (Å²) in [6, 6.07) is 2.27. The fourth-order valence-electron chi connectivity index (χ4n) is 0.782. The number of ether oxygens (including phenoxy) is 1. The first-order valence-electron chi connectivity index (χ1n) is 3.42. The van der Waals surface area contributed by atoms with Crippen molar-refractivity contribution in [1.82, 2.24) is 0 Å². The molecule has 1 rings (SSSR count). The predicted molar refractivity (Wildman–Crippen MR) is 45.2 cm³/mol. The normalized spacial score (nSPS) is 10.0. The Labute approximate surface area is 77.5 Å². The van der Waals surface area contributed by atoms with Crippen molar-refractivity contribution in [2.75, 3.05) is 6.61 Å². The Balaban J connectivity index is 3.04. The molecule has 1 aromatic rings. The highest BCUT2D eigenvalue weighted by molar-refractivity contribution is 9.10. The largest absolute Gasteiger partial charge is 0.494 e. The lowest BCUT2D eigenvalue weighted by molar-refractivity contribution is 0.335. The first-order valence-corrected chi connectivity index (χ1v) is 4.21. The summed E-state index contributed by atoms with van der Waals surface area (Å²) in [6.07, 6.45) is 0. The van der Waals surface area contributed by atoms with Gasteiger partial charge >= 0.3 is 0 Å². The van der Waals surface area contributed by atoms with E-state index in [1.807, 2.05) is 0 Å². The van der Waals surface area contributed by atoms with E-state index in [1.165, 1.54) is 0 Å². The molecule has 0 aliphatic heterocycles. The highest BCUT2D eigenvalue weighted by Gasteiger charge is 2.08. The van der Waals surface area contributed by atoms with Crippen LogP contribution in [0.25, 0.3) is 0 Å². The molecule has 0 saturated heterocycles. The first-order chi connectivity index (χ1) is 5.65. The summed E-state index contributed by atoms with van der Waals surface area (Å²) in [5.41, 5.74) is 0. The van der Waals surface area contributed by atoms with Crippen molar-refractivity contribution in [2.24, 2.45) is 0 Å². The van der Waals surface area contributed by atoms with Gasteiger partial charge in [-0.2, -0.15) is 0 Å². The van der Waals surface area contributed by atoms with Crippen LogP contribution >= 0.6 is 15.9 Å². The monoisotopic (exact) mass is 236 g/mol. The lowest BCUT2D eigenvalue weighted by Crippen LogP contribution is -1.94. The van der Waals surface area contributed by atoms with E-state index in [2.05, 4.69) is 15.9 Å². The Hall–Kier alpha value is -0.640. The van der Waals surface area contributed by atoms with Crippen LogP contribution in [0.5, 0.6) is 5.75 Å². The molecule has 1 aromatic carbocycles. The Morgan fingerprint density at radius 3 is 2.25 bits per heavy atom. The lowest BCUT2D eigenvalue weighted by Gasteiger charge is -2.03. The van der Waals surface area contributed by atoms with E-state index in [-0.39, 0.29) is 10.2 Å². The Morgan fingerprint density at radius 1 is 1.33 bits per heavy atom. The maximum atomic E-state index is 12.8. The Bertz CT molecular complexity index is 265. The molecule has 12 heavy (non-hydrogen) atoms.